The Morgan fingerprint density at radius 1 is 1.19 bits per heavy atom. The van der Waals surface area contributed by atoms with Crippen LogP contribution >= 0.6 is 11.8 Å². The lowest BCUT2D eigenvalue weighted by Gasteiger charge is -2.34. The van der Waals surface area contributed by atoms with Gasteiger partial charge in [0, 0.05) is 48.8 Å². The van der Waals surface area contributed by atoms with Crippen molar-refractivity contribution in [3.8, 4) is 16.9 Å². The number of hydrogen-bond acceptors (Lipinski definition) is 5. The van der Waals surface area contributed by atoms with E-state index in [0.29, 0.717) is 12.6 Å². The fourth-order valence-electron chi connectivity index (χ4n) is 4.68. The third kappa shape index (κ3) is 4.14. The fraction of sp³-hybridized carbons (Fsp3) is 0.360. The molecule has 0 N–H and O–H groups in total. The van der Waals surface area contributed by atoms with E-state index in [1.807, 2.05) is 58.8 Å². The van der Waals surface area contributed by atoms with Gasteiger partial charge in [0.1, 0.15) is 5.75 Å². The lowest BCUT2D eigenvalue weighted by Crippen LogP contribution is -2.42. The number of methoxy groups -OCH3 is 1. The van der Waals surface area contributed by atoms with Crippen LogP contribution in [-0.4, -0.2) is 45.7 Å². The lowest BCUT2D eigenvalue weighted by molar-refractivity contribution is 0.191. The van der Waals surface area contributed by atoms with Gasteiger partial charge in [-0.2, -0.15) is 11.8 Å². The molecule has 0 radical (unpaired) electrons. The molecule has 1 fully saturated rings. The van der Waals surface area contributed by atoms with Gasteiger partial charge >= 0.3 is 0 Å². The van der Waals surface area contributed by atoms with Crippen LogP contribution in [0.5, 0.6) is 5.75 Å². The lowest BCUT2D eigenvalue weighted by atomic mass is 9.97. The summed E-state index contributed by atoms with van der Waals surface area (Å²) in [4.78, 5) is 20.7. The van der Waals surface area contributed by atoms with Crippen molar-refractivity contribution in [3.63, 3.8) is 0 Å². The number of nitrogens with zero attached hydrogens (tertiary/aromatic N) is 3. The Kier molecular flexibility index (Phi) is 5.83. The maximum Gasteiger partial charge on any atom is 0.259 e. The largest absolute Gasteiger partial charge is 0.497 e. The number of pyridine rings is 2. The summed E-state index contributed by atoms with van der Waals surface area (Å²) in [7, 11) is 1.66. The summed E-state index contributed by atoms with van der Waals surface area (Å²) >= 11 is 2.05. The molecule has 3 aromatic rings. The summed E-state index contributed by atoms with van der Waals surface area (Å²) in [5.74, 6) is 3.23. The molecule has 0 bridgehead atoms. The highest BCUT2D eigenvalue weighted by Gasteiger charge is 2.29. The summed E-state index contributed by atoms with van der Waals surface area (Å²) < 4.78 is 7.36. The average molecular weight is 434 g/mol. The molecule has 2 aliphatic rings. The zero-order valence-electron chi connectivity index (χ0n) is 17.8. The standard InChI is InChI=1S/C25H27N3O2S/c1-30-22-7-4-5-18(13-22)23-14-19-15-27(21-9-12-31-17-21)11-8-24(19)28(25(23)29)16-20-6-2-3-10-26-20/h2-7,10,13-14,21H,8-9,11-12,15-17H2,1H3. The molecule has 1 unspecified atom stereocenters. The van der Waals surface area contributed by atoms with Crippen molar-refractivity contribution in [2.45, 2.75) is 32.0 Å². The van der Waals surface area contributed by atoms with Gasteiger partial charge in [0.05, 0.1) is 19.3 Å². The third-order valence-electron chi connectivity index (χ3n) is 6.35. The normalized spacial score (nSPS) is 18.7. The molecule has 4 heterocycles. The van der Waals surface area contributed by atoms with E-state index in [1.165, 1.54) is 23.5 Å². The summed E-state index contributed by atoms with van der Waals surface area (Å²) in [6.45, 7) is 2.41. The zero-order valence-corrected chi connectivity index (χ0v) is 18.6. The molecular formula is C25H27N3O2S. The number of benzene rings is 1. The predicted octanol–water partition coefficient (Wildman–Crippen LogP) is 3.83. The van der Waals surface area contributed by atoms with Gasteiger partial charge in [0.25, 0.3) is 5.56 Å². The molecule has 2 aliphatic heterocycles. The first kappa shape index (κ1) is 20.3. The van der Waals surface area contributed by atoms with Crippen LogP contribution in [0.2, 0.25) is 0 Å². The number of ether oxygens (including phenoxy) is 1. The van der Waals surface area contributed by atoms with Crippen LogP contribution in [0.4, 0.5) is 0 Å². The highest BCUT2D eigenvalue weighted by Crippen LogP contribution is 2.30. The van der Waals surface area contributed by atoms with Crippen molar-refractivity contribution >= 4 is 11.8 Å². The minimum absolute atomic E-state index is 0.0440. The summed E-state index contributed by atoms with van der Waals surface area (Å²) in [6, 6.07) is 16.4. The second kappa shape index (κ2) is 8.89. The first-order chi connectivity index (χ1) is 15.2. The Hall–Kier alpha value is -2.57. The van der Waals surface area contributed by atoms with Crippen molar-refractivity contribution in [2.75, 3.05) is 25.2 Å². The molecular weight excluding hydrogens is 406 g/mol. The molecule has 0 saturated carbocycles. The maximum absolute atomic E-state index is 13.7. The van der Waals surface area contributed by atoms with Gasteiger partial charge in [0.15, 0.2) is 0 Å². The molecule has 160 valence electrons. The predicted molar refractivity (Wildman–Crippen MR) is 126 cm³/mol. The molecule has 2 aromatic heterocycles. The van der Waals surface area contributed by atoms with Gasteiger partial charge in [-0.1, -0.05) is 18.2 Å². The molecule has 0 amide bonds. The van der Waals surface area contributed by atoms with Gasteiger partial charge in [-0.3, -0.25) is 14.7 Å². The van der Waals surface area contributed by atoms with Crippen LogP contribution in [-0.2, 0) is 19.5 Å². The van der Waals surface area contributed by atoms with Gasteiger partial charge < -0.3 is 9.30 Å². The van der Waals surface area contributed by atoms with Crippen molar-refractivity contribution in [3.05, 3.63) is 82.0 Å². The van der Waals surface area contributed by atoms with Crippen molar-refractivity contribution < 1.29 is 4.74 Å². The summed E-state index contributed by atoms with van der Waals surface area (Å²) in [5, 5.41) is 0. The van der Waals surface area contributed by atoms with Crippen molar-refractivity contribution in [2.24, 2.45) is 0 Å². The number of aromatic nitrogens is 2. The minimum atomic E-state index is 0.0440. The van der Waals surface area contributed by atoms with Gasteiger partial charge in [-0.15, -0.1) is 0 Å². The van der Waals surface area contributed by atoms with E-state index in [-0.39, 0.29) is 5.56 Å². The topological polar surface area (TPSA) is 47.4 Å². The number of hydrogen-bond donors (Lipinski definition) is 0. The van der Waals surface area contributed by atoms with Crippen molar-refractivity contribution in [1.29, 1.82) is 0 Å². The third-order valence-corrected chi connectivity index (χ3v) is 7.49. The first-order valence-electron chi connectivity index (χ1n) is 10.8. The van der Waals surface area contributed by atoms with Crippen LogP contribution < -0.4 is 10.3 Å². The molecule has 1 atom stereocenters. The summed E-state index contributed by atoms with van der Waals surface area (Å²) in [5.41, 5.74) is 5.00. The second-order valence-electron chi connectivity index (χ2n) is 8.21. The Labute approximate surface area is 187 Å². The molecule has 0 aliphatic carbocycles. The second-order valence-corrected chi connectivity index (χ2v) is 9.36. The molecule has 5 nitrogen and oxygen atoms in total. The Balaban J connectivity index is 1.60. The van der Waals surface area contributed by atoms with E-state index >= 15 is 0 Å². The van der Waals surface area contributed by atoms with E-state index in [2.05, 4.69) is 16.0 Å². The highest BCUT2D eigenvalue weighted by atomic mass is 32.2. The molecule has 0 spiro atoms. The number of rotatable bonds is 5. The molecule has 1 aromatic carbocycles. The van der Waals surface area contributed by atoms with E-state index in [1.54, 1.807) is 13.3 Å². The fourth-order valence-corrected chi connectivity index (χ4v) is 5.94. The molecule has 1 saturated heterocycles. The van der Waals surface area contributed by atoms with E-state index < -0.39 is 0 Å². The van der Waals surface area contributed by atoms with Crippen LogP contribution in [0, 0.1) is 0 Å². The quantitative estimate of drug-likeness (QED) is 0.612. The number of thioether (sulfide) groups is 1. The number of fused-ring (bicyclic) bond motifs is 1. The average Bonchev–Trinajstić information content (AvgIpc) is 3.36. The first-order valence-corrected chi connectivity index (χ1v) is 12.0. The van der Waals surface area contributed by atoms with Crippen LogP contribution in [0.3, 0.4) is 0 Å². The maximum atomic E-state index is 13.7. The van der Waals surface area contributed by atoms with Crippen LogP contribution in [0.1, 0.15) is 23.4 Å². The van der Waals surface area contributed by atoms with Gasteiger partial charge in [-0.05, 0) is 53.6 Å². The Morgan fingerprint density at radius 2 is 2.13 bits per heavy atom. The summed E-state index contributed by atoms with van der Waals surface area (Å²) in [6.07, 6.45) is 3.95. The van der Waals surface area contributed by atoms with E-state index in [4.69, 9.17) is 4.74 Å². The van der Waals surface area contributed by atoms with Crippen molar-refractivity contribution in [1.82, 2.24) is 14.5 Å². The monoisotopic (exact) mass is 433 g/mol. The van der Waals surface area contributed by atoms with Gasteiger partial charge in [0.2, 0.25) is 0 Å². The van der Waals surface area contributed by atoms with E-state index in [0.717, 1.165) is 47.8 Å². The zero-order chi connectivity index (χ0) is 21.2. The highest BCUT2D eigenvalue weighted by molar-refractivity contribution is 7.99. The SMILES string of the molecule is COc1cccc(-c2cc3c(n(Cc4ccccn4)c2=O)CCN(C2CCSC2)C3)c1. The Bertz CT molecular complexity index is 1120. The molecule has 6 heteroatoms. The van der Waals surface area contributed by atoms with Gasteiger partial charge in [-0.25, -0.2) is 0 Å². The smallest absolute Gasteiger partial charge is 0.259 e. The van der Waals surface area contributed by atoms with Crippen LogP contribution in [0.15, 0.2) is 59.5 Å². The Morgan fingerprint density at radius 3 is 2.90 bits per heavy atom. The molecule has 5 rings (SSSR count). The van der Waals surface area contributed by atoms with E-state index in [9.17, 15) is 4.79 Å². The van der Waals surface area contributed by atoms with Crippen LogP contribution in [0.25, 0.3) is 11.1 Å². The molecule has 31 heavy (non-hydrogen) atoms. The minimum Gasteiger partial charge on any atom is -0.497 e.